The standard InChI is InChI=1S/C19H27N3O3/c23-18(21-9-3-1-2-4-10-21)15-6-5-11-22(13-15)19(24)16-12-17(25-20-16)14-7-8-14/h12,14-15H,1-11,13H2/t15-/m1/s1. The molecule has 3 heterocycles. The van der Waals surface area contributed by atoms with Gasteiger partial charge in [-0.1, -0.05) is 18.0 Å². The molecular formula is C19H27N3O3. The number of amides is 2. The van der Waals surface area contributed by atoms with Crippen molar-refractivity contribution < 1.29 is 14.1 Å². The highest BCUT2D eigenvalue weighted by Gasteiger charge is 2.34. The maximum Gasteiger partial charge on any atom is 0.276 e. The van der Waals surface area contributed by atoms with Crippen molar-refractivity contribution in [1.82, 2.24) is 15.0 Å². The summed E-state index contributed by atoms with van der Waals surface area (Å²) in [6.07, 6.45) is 8.64. The van der Waals surface area contributed by atoms with E-state index in [0.717, 1.165) is 57.4 Å². The maximum absolute atomic E-state index is 12.9. The number of piperidine rings is 1. The Labute approximate surface area is 148 Å². The molecule has 0 radical (unpaired) electrons. The quantitative estimate of drug-likeness (QED) is 0.845. The first-order valence-electron chi connectivity index (χ1n) is 9.77. The van der Waals surface area contributed by atoms with Crippen LogP contribution in [0.2, 0.25) is 0 Å². The average Bonchev–Trinajstić information content (AvgIpc) is 3.44. The largest absolute Gasteiger partial charge is 0.360 e. The maximum atomic E-state index is 12.9. The van der Waals surface area contributed by atoms with Gasteiger partial charge in [-0.2, -0.15) is 0 Å². The van der Waals surface area contributed by atoms with Crippen LogP contribution in [0.25, 0.3) is 0 Å². The number of aromatic nitrogens is 1. The van der Waals surface area contributed by atoms with E-state index < -0.39 is 0 Å². The van der Waals surface area contributed by atoms with Crippen LogP contribution in [-0.2, 0) is 4.79 Å². The van der Waals surface area contributed by atoms with E-state index >= 15 is 0 Å². The molecule has 3 fully saturated rings. The fourth-order valence-corrected chi connectivity index (χ4v) is 4.02. The van der Waals surface area contributed by atoms with Crippen molar-refractivity contribution in [2.24, 2.45) is 5.92 Å². The van der Waals surface area contributed by atoms with E-state index in [2.05, 4.69) is 5.16 Å². The summed E-state index contributed by atoms with van der Waals surface area (Å²) in [5.74, 6) is 1.36. The second-order valence-corrected chi connectivity index (χ2v) is 7.72. The lowest BCUT2D eigenvalue weighted by Crippen LogP contribution is -2.47. The highest BCUT2D eigenvalue weighted by atomic mass is 16.5. The zero-order valence-electron chi connectivity index (χ0n) is 14.8. The minimum atomic E-state index is -0.0935. The highest BCUT2D eigenvalue weighted by molar-refractivity contribution is 5.93. The SMILES string of the molecule is O=C(c1cc(C2CC2)on1)N1CCC[C@@H](C(=O)N2CCCCCC2)C1. The lowest BCUT2D eigenvalue weighted by atomic mass is 9.96. The van der Waals surface area contributed by atoms with Gasteiger partial charge in [0.15, 0.2) is 5.69 Å². The summed E-state index contributed by atoms with van der Waals surface area (Å²) in [4.78, 5) is 29.4. The predicted molar refractivity (Wildman–Crippen MR) is 92.2 cm³/mol. The van der Waals surface area contributed by atoms with Crippen LogP contribution in [0.1, 0.15) is 73.5 Å². The molecule has 0 bridgehead atoms. The van der Waals surface area contributed by atoms with Crippen LogP contribution in [0.4, 0.5) is 0 Å². The molecule has 2 aliphatic heterocycles. The molecule has 1 aliphatic carbocycles. The Morgan fingerprint density at radius 1 is 0.960 bits per heavy atom. The molecule has 1 saturated carbocycles. The summed E-state index contributed by atoms with van der Waals surface area (Å²) < 4.78 is 5.31. The van der Waals surface area contributed by atoms with Crippen LogP contribution in [0.5, 0.6) is 0 Å². The van der Waals surface area contributed by atoms with Crippen molar-refractivity contribution in [3.63, 3.8) is 0 Å². The Morgan fingerprint density at radius 2 is 1.68 bits per heavy atom. The summed E-state index contributed by atoms with van der Waals surface area (Å²) in [6.45, 7) is 2.96. The highest BCUT2D eigenvalue weighted by Crippen LogP contribution is 2.40. The Balaban J connectivity index is 1.39. The molecule has 2 saturated heterocycles. The van der Waals surface area contributed by atoms with Crippen molar-refractivity contribution in [3.05, 3.63) is 17.5 Å². The molecule has 6 heteroatoms. The fourth-order valence-electron chi connectivity index (χ4n) is 4.02. The number of carbonyl (C=O) groups excluding carboxylic acids is 2. The van der Waals surface area contributed by atoms with E-state index in [4.69, 9.17) is 4.52 Å². The molecule has 25 heavy (non-hydrogen) atoms. The fraction of sp³-hybridized carbons (Fsp3) is 0.737. The van der Waals surface area contributed by atoms with Crippen molar-refractivity contribution in [3.8, 4) is 0 Å². The van der Waals surface area contributed by atoms with E-state index in [0.29, 0.717) is 24.7 Å². The third kappa shape index (κ3) is 3.72. The first kappa shape index (κ1) is 16.6. The van der Waals surface area contributed by atoms with Gasteiger partial charge < -0.3 is 14.3 Å². The second-order valence-electron chi connectivity index (χ2n) is 7.72. The average molecular weight is 345 g/mol. The van der Waals surface area contributed by atoms with Gasteiger partial charge in [0.2, 0.25) is 5.91 Å². The minimum absolute atomic E-state index is 0.0643. The van der Waals surface area contributed by atoms with Gasteiger partial charge in [-0.3, -0.25) is 9.59 Å². The molecule has 2 amide bonds. The van der Waals surface area contributed by atoms with Crippen molar-refractivity contribution in [1.29, 1.82) is 0 Å². The Hall–Kier alpha value is -1.85. The molecular weight excluding hydrogens is 318 g/mol. The molecule has 4 rings (SSSR count). The van der Waals surface area contributed by atoms with Gasteiger partial charge in [-0.25, -0.2) is 0 Å². The molecule has 6 nitrogen and oxygen atoms in total. The Morgan fingerprint density at radius 3 is 2.40 bits per heavy atom. The molecule has 0 N–H and O–H groups in total. The molecule has 3 aliphatic rings. The van der Waals surface area contributed by atoms with E-state index in [-0.39, 0.29) is 17.7 Å². The second kappa shape index (κ2) is 7.18. The monoisotopic (exact) mass is 345 g/mol. The van der Waals surface area contributed by atoms with Gasteiger partial charge in [-0.05, 0) is 38.5 Å². The number of nitrogens with zero attached hydrogens (tertiary/aromatic N) is 3. The third-order valence-corrected chi connectivity index (χ3v) is 5.70. The van der Waals surface area contributed by atoms with Crippen LogP contribution >= 0.6 is 0 Å². The smallest absolute Gasteiger partial charge is 0.276 e. The number of hydrogen-bond donors (Lipinski definition) is 0. The van der Waals surface area contributed by atoms with E-state index in [9.17, 15) is 9.59 Å². The molecule has 1 aromatic rings. The van der Waals surface area contributed by atoms with Crippen LogP contribution in [0.3, 0.4) is 0 Å². The van der Waals surface area contributed by atoms with Gasteiger partial charge in [0, 0.05) is 38.2 Å². The lowest BCUT2D eigenvalue weighted by molar-refractivity contribution is -0.136. The molecule has 1 aromatic heterocycles. The van der Waals surface area contributed by atoms with Crippen LogP contribution < -0.4 is 0 Å². The normalized spacial score (nSPS) is 24.9. The van der Waals surface area contributed by atoms with E-state index in [1.165, 1.54) is 12.8 Å². The first-order chi connectivity index (χ1) is 12.2. The molecule has 1 atom stereocenters. The predicted octanol–water partition coefficient (Wildman–Crippen LogP) is 2.81. The van der Waals surface area contributed by atoms with Crippen LogP contribution in [0, 0.1) is 5.92 Å². The van der Waals surface area contributed by atoms with Gasteiger partial charge >= 0.3 is 0 Å². The molecule has 0 aromatic carbocycles. The summed E-state index contributed by atoms with van der Waals surface area (Å²) in [7, 11) is 0. The van der Waals surface area contributed by atoms with Crippen molar-refractivity contribution in [2.45, 2.75) is 57.3 Å². The van der Waals surface area contributed by atoms with Gasteiger partial charge in [0.1, 0.15) is 5.76 Å². The van der Waals surface area contributed by atoms with E-state index in [1.54, 1.807) is 11.0 Å². The molecule has 136 valence electrons. The summed E-state index contributed by atoms with van der Waals surface area (Å²) >= 11 is 0. The number of rotatable bonds is 3. The number of carbonyl (C=O) groups is 2. The van der Waals surface area contributed by atoms with Crippen LogP contribution in [0.15, 0.2) is 10.6 Å². The summed E-state index contributed by atoms with van der Waals surface area (Å²) in [5, 5.41) is 3.96. The topological polar surface area (TPSA) is 66.7 Å². The molecule has 0 spiro atoms. The number of hydrogen-bond acceptors (Lipinski definition) is 4. The van der Waals surface area contributed by atoms with Crippen molar-refractivity contribution >= 4 is 11.8 Å². The first-order valence-corrected chi connectivity index (χ1v) is 9.77. The lowest BCUT2D eigenvalue weighted by Gasteiger charge is -2.34. The van der Waals surface area contributed by atoms with E-state index in [1.807, 2.05) is 4.90 Å². The van der Waals surface area contributed by atoms with Gasteiger partial charge in [-0.15, -0.1) is 0 Å². The van der Waals surface area contributed by atoms with Gasteiger partial charge in [0.25, 0.3) is 5.91 Å². The minimum Gasteiger partial charge on any atom is -0.360 e. The Bertz CT molecular complexity index is 630. The zero-order valence-corrected chi connectivity index (χ0v) is 14.8. The van der Waals surface area contributed by atoms with Gasteiger partial charge in [0.05, 0.1) is 5.92 Å². The summed E-state index contributed by atoms with van der Waals surface area (Å²) in [6, 6.07) is 1.79. The zero-order chi connectivity index (χ0) is 17.2. The summed E-state index contributed by atoms with van der Waals surface area (Å²) in [5.41, 5.74) is 0.393. The Kier molecular flexibility index (Phi) is 4.77. The molecule has 0 unspecified atom stereocenters. The third-order valence-electron chi connectivity index (χ3n) is 5.70. The number of likely N-dealkylation sites (tertiary alicyclic amines) is 2. The van der Waals surface area contributed by atoms with Crippen LogP contribution in [-0.4, -0.2) is 52.9 Å². The van der Waals surface area contributed by atoms with Crippen molar-refractivity contribution in [2.75, 3.05) is 26.2 Å².